The fraction of sp³-hybridized carbons (Fsp3) is 0.458. The Morgan fingerprint density at radius 1 is 0.931 bits per heavy atom. The molecule has 3 aromatic rings. The molecule has 5 rings (SSSR count). The second-order valence-electron chi connectivity index (χ2n) is 8.55. The van der Waals surface area contributed by atoms with Crippen LogP contribution in [0.5, 0.6) is 0 Å². The zero-order valence-corrected chi connectivity index (χ0v) is 17.4. The molecule has 152 valence electrons. The van der Waals surface area contributed by atoms with Crippen LogP contribution in [-0.2, 0) is 6.42 Å². The number of likely N-dealkylation sites (tertiary alicyclic amines) is 1. The van der Waals surface area contributed by atoms with Crippen LogP contribution in [0.25, 0.3) is 22.2 Å². The van der Waals surface area contributed by atoms with E-state index < -0.39 is 0 Å². The highest BCUT2D eigenvalue weighted by Crippen LogP contribution is 2.29. The molecule has 1 aromatic carbocycles. The van der Waals surface area contributed by atoms with Gasteiger partial charge in [-0.25, -0.2) is 0 Å². The summed E-state index contributed by atoms with van der Waals surface area (Å²) in [6.45, 7) is 8.12. The molecule has 1 N–H and O–H groups in total. The van der Waals surface area contributed by atoms with E-state index in [1.807, 2.05) is 6.20 Å². The molecular weight excluding hydrogens is 358 g/mol. The molecule has 0 aliphatic carbocycles. The second kappa shape index (κ2) is 8.17. The Balaban J connectivity index is 1.35. The number of fused-ring (bicyclic) bond motifs is 1. The summed E-state index contributed by atoms with van der Waals surface area (Å²) in [5, 5.41) is 1.23. The summed E-state index contributed by atoms with van der Waals surface area (Å²) in [5.41, 5.74) is 6.09. The van der Waals surface area contributed by atoms with E-state index in [-0.39, 0.29) is 0 Å². The summed E-state index contributed by atoms with van der Waals surface area (Å²) in [5.74, 6) is 0. The lowest BCUT2D eigenvalue weighted by Crippen LogP contribution is -2.44. The van der Waals surface area contributed by atoms with Crippen LogP contribution >= 0.6 is 0 Å². The predicted octanol–water partition coefficient (Wildman–Crippen LogP) is 3.62. The summed E-state index contributed by atoms with van der Waals surface area (Å²) in [4.78, 5) is 15.8. The molecule has 2 aromatic heterocycles. The molecule has 0 unspecified atom stereocenters. The van der Waals surface area contributed by atoms with Gasteiger partial charge in [0.15, 0.2) is 0 Å². The molecule has 29 heavy (non-hydrogen) atoms. The molecule has 2 saturated heterocycles. The average molecular weight is 390 g/mol. The van der Waals surface area contributed by atoms with Gasteiger partial charge < -0.3 is 19.7 Å². The van der Waals surface area contributed by atoms with E-state index in [2.05, 4.69) is 63.1 Å². The van der Waals surface area contributed by atoms with Crippen LogP contribution in [0.2, 0.25) is 0 Å². The second-order valence-corrected chi connectivity index (χ2v) is 8.55. The molecule has 0 atom stereocenters. The number of anilines is 1. The number of rotatable bonds is 5. The van der Waals surface area contributed by atoms with Crippen molar-refractivity contribution >= 4 is 16.6 Å². The van der Waals surface area contributed by atoms with Gasteiger partial charge in [0.1, 0.15) is 0 Å². The fourth-order valence-corrected chi connectivity index (χ4v) is 4.66. The highest BCUT2D eigenvalue weighted by Gasteiger charge is 2.16. The number of nitrogens with zero attached hydrogens (tertiary/aromatic N) is 4. The van der Waals surface area contributed by atoms with Crippen LogP contribution in [-0.4, -0.2) is 72.6 Å². The lowest BCUT2D eigenvalue weighted by atomic mass is 10.1. The number of pyridine rings is 1. The number of piperazine rings is 1. The summed E-state index contributed by atoms with van der Waals surface area (Å²) in [7, 11) is 2.20. The van der Waals surface area contributed by atoms with Gasteiger partial charge >= 0.3 is 0 Å². The number of aromatic amines is 1. The molecule has 0 bridgehead atoms. The average Bonchev–Trinajstić information content (AvgIpc) is 3.42. The lowest BCUT2D eigenvalue weighted by molar-refractivity contribution is 0.313. The molecule has 5 nitrogen and oxygen atoms in total. The Labute approximate surface area is 173 Å². The summed E-state index contributed by atoms with van der Waals surface area (Å²) < 4.78 is 0. The number of hydrogen-bond donors (Lipinski definition) is 1. The van der Waals surface area contributed by atoms with Crippen molar-refractivity contribution in [2.24, 2.45) is 0 Å². The molecule has 0 amide bonds. The zero-order valence-electron chi connectivity index (χ0n) is 17.4. The topological polar surface area (TPSA) is 38.4 Å². The third-order valence-corrected chi connectivity index (χ3v) is 6.51. The smallest absolute Gasteiger partial charge is 0.0795 e. The first-order valence-corrected chi connectivity index (χ1v) is 11.0. The molecule has 2 aliphatic heterocycles. The summed E-state index contributed by atoms with van der Waals surface area (Å²) >= 11 is 0. The van der Waals surface area contributed by atoms with Gasteiger partial charge in [0.05, 0.1) is 5.69 Å². The first-order chi connectivity index (χ1) is 14.3. The molecule has 4 heterocycles. The largest absolute Gasteiger partial charge is 0.369 e. The Morgan fingerprint density at radius 3 is 2.45 bits per heavy atom. The maximum Gasteiger partial charge on any atom is 0.0795 e. The number of H-pyrrole nitrogens is 1. The molecule has 0 saturated carbocycles. The Kier molecular flexibility index (Phi) is 5.25. The fourth-order valence-electron chi connectivity index (χ4n) is 4.66. The van der Waals surface area contributed by atoms with Crippen molar-refractivity contribution in [1.82, 2.24) is 19.8 Å². The van der Waals surface area contributed by atoms with Crippen LogP contribution in [0.4, 0.5) is 5.69 Å². The number of likely N-dealkylation sites (N-methyl/N-ethyl adjacent to an activating group) is 1. The van der Waals surface area contributed by atoms with Crippen LogP contribution in [0.3, 0.4) is 0 Å². The van der Waals surface area contributed by atoms with Crippen LogP contribution < -0.4 is 4.90 Å². The van der Waals surface area contributed by atoms with E-state index in [0.717, 1.165) is 44.8 Å². The van der Waals surface area contributed by atoms with Gasteiger partial charge in [0.25, 0.3) is 0 Å². The van der Waals surface area contributed by atoms with E-state index in [0.29, 0.717) is 0 Å². The Hall–Kier alpha value is -2.37. The van der Waals surface area contributed by atoms with Crippen LogP contribution in [0.1, 0.15) is 18.5 Å². The minimum atomic E-state index is 1.08. The van der Waals surface area contributed by atoms with E-state index in [4.69, 9.17) is 4.98 Å². The number of benzene rings is 1. The normalized spacial score (nSPS) is 18.7. The summed E-state index contributed by atoms with van der Waals surface area (Å²) in [6.07, 6.45) is 5.71. The van der Waals surface area contributed by atoms with E-state index in [1.165, 1.54) is 53.8 Å². The Morgan fingerprint density at radius 2 is 1.69 bits per heavy atom. The number of aromatic nitrogens is 2. The van der Waals surface area contributed by atoms with Gasteiger partial charge in [-0.2, -0.15) is 0 Å². The quantitative estimate of drug-likeness (QED) is 0.723. The van der Waals surface area contributed by atoms with Crippen LogP contribution in [0, 0.1) is 0 Å². The van der Waals surface area contributed by atoms with Crippen molar-refractivity contribution in [2.75, 3.05) is 57.8 Å². The Bertz CT molecular complexity index is 947. The molecule has 2 aliphatic rings. The maximum absolute atomic E-state index is 4.73. The van der Waals surface area contributed by atoms with Crippen molar-refractivity contribution in [3.8, 4) is 11.3 Å². The van der Waals surface area contributed by atoms with Gasteiger partial charge in [-0.05, 0) is 57.2 Å². The highest BCUT2D eigenvalue weighted by atomic mass is 15.2. The molecule has 0 radical (unpaired) electrons. The maximum atomic E-state index is 4.73. The first kappa shape index (κ1) is 18.6. The SMILES string of the molecule is CN1CCN(c2ccc(-c3nccc4[nH]c(CCN5CCCC5)cc34)cc2)CC1. The van der Waals surface area contributed by atoms with Crippen LogP contribution in [0.15, 0.2) is 42.6 Å². The third-order valence-electron chi connectivity index (χ3n) is 6.51. The minimum Gasteiger partial charge on any atom is -0.369 e. The van der Waals surface area contributed by atoms with Crippen molar-refractivity contribution in [3.05, 3.63) is 48.3 Å². The van der Waals surface area contributed by atoms with E-state index in [9.17, 15) is 0 Å². The van der Waals surface area contributed by atoms with Crippen molar-refractivity contribution < 1.29 is 0 Å². The van der Waals surface area contributed by atoms with Crippen molar-refractivity contribution in [2.45, 2.75) is 19.3 Å². The molecular formula is C24H31N5. The highest BCUT2D eigenvalue weighted by molar-refractivity contribution is 5.93. The first-order valence-electron chi connectivity index (χ1n) is 11.0. The van der Waals surface area contributed by atoms with Gasteiger partial charge in [0, 0.05) is 73.2 Å². The lowest BCUT2D eigenvalue weighted by Gasteiger charge is -2.34. The van der Waals surface area contributed by atoms with E-state index in [1.54, 1.807) is 0 Å². The van der Waals surface area contributed by atoms with Crippen molar-refractivity contribution in [3.63, 3.8) is 0 Å². The molecule has 0 spiro atoms. The standard InChI is InChI=1S/C24H31N5/c1-27-14-16-29(17-15-27)21-6-4-19(5-7-21)24-22-18-20(26-23(22)8-10-25-24)9-13-28-11-2-3-12-28/h4-8,10,18,26H,2-3,9,11-17H2,1H3. The number of hydrogen-bond acceptors (Lipinski definition) is 4. The minimum absolute atomic E-state index is 1.08. The number of nitrogens with one attached hydrogen (secondary N) is 1. The summed E-state index contributed by atoms with van der Waals surface area (Å²) in [6, 6.07) is 13.4. The third kappa shape index (κ3) is 4.02. The monoisotopic (exact) mass is 389 g/mol. The van der Waals surface area contributed by atoms with Gasteiger partial charge in [-0.1, -0.05) is 12.1 Å². The van der Waals surface area contributed by atoms with Crippen molar-refractivity contribution in [1.29, 1.82) is 0 Å². The van der Waals surface area contributed by atoms with E-state index >= 15 is 0 Å². The molecule has 2 fully saturated rings. The zero-order chi connectivity index (χ0) is 19.6. The predicted molar refractivity (Wildman–Crippen MR) is 121 cm³/mol. The van der Waals surface area contributed by atoms with Gasteiger partial charge in [0.2, 0.25) is 0 Å². The van der Waals surface area contributed by atoms with Gasteiger partial charge in [-0.15, -0.1) is 0 Å². The van der Waals surface area contributed by atoms with Gasteiger partial charge in [-0.3, -0.25) is 4.98 Å². The molecule has 5 heteroatoms.